The van der Waals surface area contributed by atoms with Crippen molar-refractivity contribution in [2.75, 3.05) is 32.5 Å². The summed E-state index contributed by atoms with van der Waals surface area (Å²) < 4.78 is 1.93. The Morgan fingerprint density at radius 3 is 2.76 bits per heavy atom. The van der Waals surface area contributed by atoms with Gasteiger partial charge < -0.3 is 10.2 Å². The molecule has 3 rings (SSSR count). The van der Waals surface area contributed by atoms with Crippen molar-refractivity contribution >= 4 is 11.5 Å². The molecular formula is C16H25N5. The van der Waals surface area contributed by atoms with Crippen LogP contribution in [-0.4, -0.2) is 46.7 Å². The summed E-state index contributed by atoms with van der Waals surface area (Å²) in [6.07, 6.45) is 6.51. The summed E-state index contributed by atoms with van der Waals surface area (Å²) in [4.78, 5) is 7.35. The Hall–Kier alpha value is -1.62. The standard InChI is InChI=1S/C16H25N5/c1-4-5-13-11-18-21-15(17-2)10-14(19-16(13)21)12-6-8-20(3)9-7-12/h10-12,17H,4-9H2,1-3H3. The molecule has 1 aliphatic rings. The number of likely N-dealkylation sites (tertiary alicyclic amines) is 1. The SMILES string of the molecule is CCCc1cnn2c(NC)cc(C3CCN(C)CC3)nc12. The minimum absolute atomic E-state index is 0.572. The van der Waals surface area contributed by atoms with Crippen LogP contribution in [0, 0.1) is 0 Å². The highest BCUT2D eigenvalue weighted by Gasteiger charge is 2.21. The molecule has 3 heterocycles. The van der Waals surface area contributed by atoms with Gasteiger partial charge in [-0.05, 0) is 39.4 Å². The average Bonchev–Trinajstić information content (AvgIpc) is 2.91. The Morgan fingerprint density at radius 2 is 2.10 bits per heavy atom. The zero-order valence-electron chi connectivity index (χ0n) is 13.3. The summed E-state index contributed by atoms with van der Waals surface area (Å²) in [6, 6.07) is 2.17. The van der Waals surface area contributed by atoms with Gasteiger partial charge in [-0.15, -0.1) is 0 Å². The highest BCUT2D eigenvalue weighted by Crippen LogP contribution is 2.29. The molecular weight excluding hydrogens is 262 g/mol. The summed E-state index contributed by atoms with van der Waals surface area (Å²) in [5.41, 5.74) is 3.50. The van der Waals surface area contributed by atoms with Gasteiger partial charge in [0.15, 0.2) is 5.65 Å². The number of aromatic nitrogens is 3. The fraction of sp³-hybridized carbons (Fsp3) is 0.625. The Kier molecular flexibility index (Phi) is 4.10. The average molecular weight is 287 g/mol. The lowest BCUT2D eigenvalue weighted by molar-refractivity contribution is 0.253. The van der Waals surface area contributed by atoms with Crippen LogP contribution in [0.15, 0.2) is 12.3 Å². The molecule has 1 fully saturated rings. The topological polar surface area (TPSA) is 45.5 Å². The zero-order chi connectivity index (χ0) is 14.8. The van der Waals surface area contributed by atoms with Crippen molar-refractivity contribution in [3.63, 3.8) is 0 Å². The summed E-state index contributed by atoms with van der Waals surface area (Å²) >= 11 is 0. The van der Waals surface area contributed by atoms with Crippen LogP contribution >= 0.6 is 0 Å². The van der Waals surface area contributed by atoms with Crippen molar-refractivity contribution in [3.05, 3.63) is 23.5 Å². The van der Waals surface area contributed by atoms with Gasteiger partial charge in [0, 0.05) is 30.3 Å². The van der Waals surface area contributed by atoms with E-state index in [1.165, 1.54) is 24.1 Å². The predicted octanol–water partition coefficient (Wildman–Crippen LogP) is 2.53. The molecule has 0 saturated carbocycles. The van der Waals surface area contributed by atoms with Crippen molar-refractivity contribution in [1.82, 2.24) is 19.5 Å². The number of piperidine rings is 1. The first kappa shape index (κ1) is 14.3. The first-order chi connectivity index (χ1) is 10.2. The fourth-order valence-electron chi connectivity index (χ4n) is 3.16. The van der Waals surface area contributed by atoms with Gasteiger partial charge >= 0.3 is 0 Å². The molecule has 0 radical (unpaired) electrons. The molecule has 0 spiro atoms. The van der Waals surface area contributed by atoms with Crippen LogP contribution in [0.2, 0.25) is 0 Å². The largest absolute Gasteiger partial charge is 0.373 e. The van der Waals surface area contributed by atoms with E-state index in [0.29, 0.717) is 5.92 Å². The molecule has 0 atom stereocenters. The fourth-order valence-corrected chi connectivity index (χ4v) is 3.16. The second-order valence-electron chi connectivity index (χ2n) is 6.05. The summed E-state index contributed by atoms with van der Waals surface area (Å²) in [5, 5.41) is 7.75. The van der Waals surface area contributed by atoms with E-state index < -0.39 is 0 Å². The lowest BCUT2D eigenvalue weighted by atomic mass is 9.93. The van der Waals surface area contributed by atoms with Crippen LogP contribution in [0.3, 0.4) is 0 Å². The van der Waals surface area contributed by atoms with Crippen molar-refractivity contribution < 1.29 is 0 Å². The quantitative estimate of drug-likeness (QED) is 0.938. The summed E-state index contributed by atoms with van der Waals surface area (Å²) in [7, 11) is 4.15. The zero-order valence-corrected chi connectivity index (χ0v) is 13.3. The van der Waals surface area contributed by atoms with Crippen LogP contribution < -0.4 is 5.32 Å². The van der Waals surface area contributed by atoms with Gasteiger partial charge in [0.05, 0.1) is 6.20 Å². The Morgan fingerprint density at radius 1 is 1.33 bits per heavy atom. The Bertz CT molecular complexity index is 610. The number of nitrogens with zero attached hydrogens (tertiary/aromatic N) is 4. The van der Waals surface area contributed by atoms with E-state index in [1.807, 2.05) is 17.8 Å². The summed E-state index contributed by atoms with van der Waals surface area (Å²) in [6.45, 7) is 4.52. The van der Waals surface area contributed by atoms with Crippen molar-refractivity contribution in [2.24, 2.45) is 0 Å². The molecule has 5 heteroatoms. The lowest BCUT2D eigenvalue weighted by Crippen LogP contribution is -2.29. The van der Waals surface area contributed by atoms with Crippen LogP contribution in [-0.2, 0) is 6.42 Å². The molecule has 0 unspecified atom stereocenters. The molecule has 21 heavy (non-hydrogen) atoms. The van der Waals surface area contributed by atoms with Gasteiger partial charge in [0.1, 0.15) is 5.82 Å². The number of nitrogens with one attached hydrogen (secondary N) is 1. The molecule has 2 aromatic rings. The first-order valence-electron chi connectivity index (χ1n) is 7.96. The second-order valence-corrected chi connectivity index (χ2v) is 6.05. The third kappa shape index (κ3) is 2.75. The third-order valence-corrected chi connectivity index (χ3v) is 4.48. The van der Waals surface area contributed by atoms with E-state index >= 15 is 0 Å². The molecule has 1 N–H and O–H groups in total. The molecule has 1 aliphatic heterocycles. The molecule has 2 aromatic heterocycles. The number of rotatable bonds is 4. The van der Waals surface area contributed by atoms with E-state index in [4.69, 9.17) is 4.98 Å². The predicted molar refractivity (Wildman–Crippen MR) is 86.0 cm³/mol. The number of fused-ring (bicyclic) bond motifs is 1. The van der Waals surface area contributed by atoms with E-state index in [-0.39, 0.29) is 0 Å². The van der Waals surface area contributed by atoms with Crippen molar-refractivity contribution in [1.29, 1.82) is 0 Å². The minimum Gasteiger partial charge on any atom is -0.373 e. The van der Waals surface area contributed by atoms with E-state index in [9.17, 15) is 0 Å². The van der Waals surface area contributed by atoms with Gasteiger partial charge in [-0.25, -0.2) is 4.98 Å². The molecule has 0 amide bonds. The van der Waals surface area contributed by atoms with Gasteiger partial charge in [0.25, 0.3) is 0 Å². The van der Waals surface area contributed by atoms with E-state index in [2.05, 4.69) is 35.4 Å². The molecule has 0 aromatic carbocycles. The highest BCUT2D eigenvalue weighted by atomic mass is 15.3. The number of hydrogen-bond donors (Lipinski definition) is 1. The maximum atomic E-state index is 4.95. The maximum Gasteiger partial charge on any atom is 0.160 e. The Balaban J connectivity index is 2.00. The molecule has 5 nitrogen and oxygen atoms in total. The van der Waals surface area contributed by atoms with Crippen LogP contribution in [0.25, 0.3) is 5.65 Å². The van der Waals surface area contributed by atoms with E-state index in [0.717, 1.165) is 37.4 Å². The second kappa shape index (κ2) is 6.02. The van der Waals surface area contributed by atoms with Gasteiger partial charge in [0.2, 0.25) is 0 Å². The number of aryl methyl sites for hydroxylation is 1. The number of anilines is 1. The summed E-state index contributed by atoms with van der Waals surface area (Å²) in [5.74, 6) is 1.61. The van der Waals surface area contributed by atoms with E-state index in [1.54, 1.807) is 0 Å². The molecule has 0 aliphatic carbocycles. The van der Waals surface area contributed by atoms with Gasteiger partial charge in [-0.3, -0.25) is 0 Å². The Labute approximate surface area is 126 Å². The molecule has 1 saturated heterocycles. The lowest BCUT2D eigenvalue weighted by Gasteiger charge is -2.28. The first-order valence-corrected chi connectivity index (χ1v) is 7.96. The highest BCUT2D eigenvalue weighted by molar-refractivity contribution is 5.54. The molecule has 114 valence electrons. The van der Waals surface area contributed by atoms with Crippen LogP contribution in [0.4, 0.5) is 5.82 Å². The van der Waals surface area contributed by atoms with Crippen LogP contribution in [0.1, 0.15) is 43.4 Å². The normalized spacial score (nSPS) is 17.5. The van der Waals surface area contributed by atoms with Gasteiger partial charge in [-0.2, -0.15) is 9.61 Å². The molecule has 0 bridgehead atoms. The van der Waals surface area contributed by atoms with Crippen molar-refractivity contribution in [2.45, 2.75) is 38.5 Å². The maximum absolute atomic E-state index is 4.95. The minimum atomic E-state index is 0.572. The smallest absolute Gasteiger partial charge is 0.160 e. The number of hydrogen-bond acceptors (Lipinski definition) is 4. The van der Waals surface area contributed by atoms with Gasteiger partial charge in [-0.1, -0.05) is 13.3 Å². The monoisotopic (exact) mass is 287 g/mol. The van der Waals surface area contributed by atoms with Crippen LogP contribution in [0.5, 0.6) is 0 Å². The van der Waals surface area contributed by atoms with Crippen molar-refractivity contribution in [3.8, 4) is 0 Å². The third-order valence-electron chi connectivity index (χ3n) is 4.48.